The van der Waals surface area contributed by atoms with E-state index in [1.807, 2.05) is 13.8 Å². The van der Waals surface area contributed by atoms with Crippen LogP contribution in [0.5, 0.6) is 5.75 Å². The highest BCUT2D eigenvalue weighted by Crippen LogP contribution is 2.52. The quantitative estimate of drug-likeness (QED) is 0.574. The molecule has 2 aromatic carbocycles. The van der Waals surface area contributed by atoms with Gasteiger partial charge in [0.15, 0.2) is 0 Å². The molecule has 1 fully saturated rings. The number of ketones is 1. The number of Topliss-reactive ketones (excluding diaryl/α,β-unsaturated/α-hetero) is 1. The van der Waals surface area contributed by atoms with Crippen LogP contribution >= 0.6 is 11.6 Å². The van der Waals surface area contributed by atoms with Crippen molar-refractivity contribution in [3.8, 4) is 5.75 Å². The number of aryl methyl sites for hydroxylation is 1. The van der Waals surface area contributed by atoms with Crippen LogP contribution in [0.15, 0.2) is 36.4 Å². The Hall–Kier alpha value is -1.87. The van der Waals surface area contributed by atoms with Crippen LogP contribution < -0.4 is 4.74 Å². The molecule has 2 aromatic rings. The number of carbonyl (C=O) groups excluding carboxylic acids is 1. The lowest BCUT2D eigenvalue weighted by Gasteiger charge is -2.42. The predicted molar refractivity (Wildman–Crippen MR) is 114 cm³/mol. The summed E-state index contributed by atoms with van der Waals surface area (Å²) < 4.78 is 20.2. The van der Waals surface area contributed by atoms with Crippen LogP contribution in [0.25, 0.3) is 0 Å². The predicted octanol–water partition coefficient (Wildman–Crippen LogP) is 6.45. The molecule has 2 aliphatic rings. The van der Waals surface area contributed by atoms with Crippen molar-refractivity contribution in [1.29, 1.82) is 0 Å². The standard InChI is InChI=1S/C25H28ClFO2/c1-16-4-7-20-22(12-16)29-15-25(20)10-8-18(9-11-25)24(2,3)23(28)13-17-5-6-19(26)14-21(17)27/h4-7,12,14,18H,8-11,13,15H2,1-3H3. The molecule has 0 aromatic heterocycles. The number of rotatable bonds is 4. The van der Waals surface area contributed by atoms with Gasteiger partial charge in [0.1, 0.15) is 17.3 Å². The Kier molecular flexibility index (Phi) is 5.23. The maximum absolute atomic E-state index is 14.2. The van der Waals surface area contributed by atoms with E-state index in [9.17, 15) is 9.18 Å². The second kappa shape index (κ2) is 7.43. The lowest BCUT2D eigenvalue weighted by Crippen LogP contribution is -2.41. The lowest BCUT2D eigenvalue weighted by atomic mass is 9.60. The molecular weight excluding hydrogens is 387 g/mol. The van der Waals surface area contributed by atoms with Crippen LogP contribution in [-0.4, -0.2) is 12.4 Å². The normalized spacial score (nSPS) is 23.7. The summed E-state index contributed by atoms with van der Waals surface area (Å²) in [6.45, 7) is 6.87. The van der Waals surface area contributed by atoms with E-state index >= 15 is 0 Å². The Balaban J connectivity index is 1.46. The van der Waals surface area contributed by atoms with Crippen LogP contribution in [0, 0.1) is 24.1 Å². The molecule has 0 unspecified atom stereocenters. The molecule has 1 aliphatic carbocycles. The smallest absolute Gasteiger partial charge is 0.143 e. The highest BCUT2D eigenvalue weighted by molar-refractivity contribution is 6.30. The number of halogens is 2. The van der Waals surface area contributed by atoms with Crippen LogP contribution in [-0.2, 0) is 16.6 Å². The van der Waals surface area contributed by atoms with Crippen LogP contribution in [0.1, 0.15) is 56.2 Å². The fraction of sp³-hybridized carbons (Fsp3) is 0.480. The molecule has 4 rings (SSSR count). The van der Waals surface area contributed by atoms with Gasteiger partial charge in [-0.1, -0.05) is 43.6 Å². The zero-order chi connectivity index (χ0) is 20.8. The molecular formula is C25H28ClFO2. The van der Waals surface area contributed by atoms with Crippen molar-refractivity contribution in [3.05, 3.63) is 63.9 Å². The molecule has 1 heterocycles. The third kappa shape index (κ3) is 3.70. The van der Waals surface area contributed by atoms with Crippen molar-refractivity contribution >= 4 is 17.4 Å². The molecule has 4 heteroatoms. The molecule has 154 valence electrons. The van der Waals surface area contributed by atoms with Crippen molar-refractivity contribution in [1.82, 2.24) is 0 Å². The summed E-state index contributed by atoms with van der Waals surface area (Å²) in [5.74, 6) is 1.01. The van der Waals surface area contributed by atoms with Gasteiger partial charge >= 0.3 is 0 Å². The maximum Gasteiger partial charge on any atom is 0.143 e. The van der Waals surface area contributed by atoms with Gasteiger partial charge in [-0.2, -0.15) is 0 Å². The van der Waals surface area contributed by atoms with Crippen molar-refractivity contribution < 1.29 is 13.9 Å². The zero-order valence-corrected chi connectivity index (χ0v) is 18.1. The van der Waals surface area contributed by atoms with Crippen LogP contribution in [0.3, 0.4) is 0 Å². The average Bonchev–Trinajstić information content (AvgIpc) is 3.01. The maximum atomic E-state index is 14.2. The van der Waals surface area contributed by atoms with E-state index in [2.05, 4.69) is 25.1 Å². The van der Waals surface area contributed by atoms with E-state index in [-0.39, 0.29) is 17.6 Å². The Morgan fingerprint density at radius 1 is 1.21 bits per heavy atom. The monoisotopic (exact) mass is 414 g/mol. The molecule has 0 N–H and O–H groups in total. The van der Waals surface area contributed by atoms with E-state index in [1.54, 1.807) is 12.1 Å². The Bertz CT molecular complexity index is 942. The summed E-state index contributed by atoms with van der Waals surface area (Å²) in [4.78, 5) is 13.1. The second-order valence-corrected chi connectivity index (χ2v) is 9.84. The van der Waals surface area contributed by atoms with Gasteiger partial charge in [0, 0.05) is 27.8 Å². The first kappa shape index (κ1) is 20.4. The fourth-order valence-corrected chi connectivity index (χ4v) is 5.24. The minimum Gasteiger partial charge on any atom is -0.492 e. The summed E-state index contributed by atoms with van der Waals surface area (Å²) in [6.07, 6.45) is 4.14. The van der Waals surface area contributed by atoms with Gasteiger partial charge in [-0.3, -0.25) is 4.79 Å². The highest BCUT2D eigenvalue weighted by Gasteiger charge is 2.47. The summed E-state index contributed by atoms with van der Waals surface area (Å²) in [5.41, 5.74) is 2.57. The average molecular weight is 415 g/mol. The van der Waals surface area contributed by atoms with Gasteiger partial charge in [0.25, 0.3) is 0 Å². The Morgan fingerprint density at radius 2 is 1.93 bits per heavy atom. The van der Waals surface area contributed by atoms with Crippen LogP contribution in [0.4, 0.5) is 4.39 Å². The molecule has 0 amide bonds. The summed E-state index contributed by atoms with van der Waals surface area (Å²) in [7, 11) is 0. The topological polar surface area (TPSA) is 26.3 Å². The van der Waals surface area contributed by atoms with Gasteiger partial charge < -0.3 is 4.74 Å². The third-order valence-corrected chi connectivity index (χ3v) is 7.50. The Morgan fingerprint density at radius 3 is 2.62 bits per heavy atom. The minimum absolute atomic E-state index is 0.0843. The molecule has 2 nitrogen and oxygen atoms in total. The van der Waals surface area contributed by atoms with Crippen molar-refractivity contribution in [2.75, 3.05) is 6.61 Å². The van der Waals surface area contributed by atoms with E-state index < -0.39 is 11.2 Å². The van der Waals surface area contributed by atoms with Crippen molar-refractivity contribution in [2.45, 2.75) is 58.3 Å². The SMILES string of the molecule is Cc1ccc2c(c1)OCC21CCC(C(C)(C)C(=O)Cc2ccc(Cl)cc2F)CC1. The van der Waals surface area contributed by atoms with E-state index in [0.717, 1.165) is 38.0 Å². The Labute approximate surface area is 177 Å². The zero-order valence-electron chi connectivity index (χ0n) is 17.4. The summed E-state index contributed by atoms with van der Waals surface area (Å²) in [5, 5.41) is 0.352. The first-order chi connectivity index (χ1) is 13.7. The highest BCUT2D eigenvalue weighted by atomic mass is 35.5. The molecule has 0 radical (unpaired) electrons. The number of carbonyl (C=O) groups is 1. The lowest BCUT2D eigenvalue weighted by molar-refractivity contribution is -0.130. The number of benzene rings is 2. The van der Waals surface area contributed by atoms with Gasteiger partial charge in [0.05, 0.1) is 6.61 Å². The first-order valence-corrected chi connectivity index (χ1v) is 10.8. The summed E-state index contributed by atoms with van der Waals surface area (Å²) in [6, 6.07) is 11.1. The molecule has 0 saturated heterocycles. The molecule has 1 spiro atoms. The van der Waals surface area contributed by atoms with Crippen molar-refractivity contribution in [3.63, 3.8) is 0 Å². The van der Waals surface area contributed by atoms with Gasteiger partial charge in [0.2, 0.25) is 0 Å². The summed E-state index contributed by atoms with van der Waals surface area (Å²) >= 11 is 5.83. The third-order valence-electron chi connectivity index (χ3n) is 7.26. The molecule has 0 atom stereocenters. The first-order valence-electron chi connectivity index (χ1n) is 10.4. The fourth-order valence-electron chi connectivity index (χ4n) is 5.08. The molecule has 0 bridgehead atoms. The van der Waals surface area contributed by atoms with Crippen molar-refractivity contribution in [2.24, 2.45) is 11.3 Å². The van der Waals surface area contributed by atoms with Gasteiger partial charge in [-0.15, -0.1) is 0 Å². The van der Waals surface area contributed by atoms with Gasteiger partial charge in [-0.05, 0) is 67.9 Å². The van der Waals surface area contributed by atoms with E-state index in [1.165, 1.54) is 17.2 Å². The molecule has 1 aliphatic heterocycles. The number of ether oxygens (including phenoxy) is 1. The van der Waals surface area contributed by atoms with E-state index in [4.69, 9.17) is 16.3 Å². The largest absolute Gasteiger partial charge is 0.492 e. The number of fused-ring (bicyclic) bond motifs is 2. The second-order valence-electron chi connectivity index (χ2n) is 9.40. The molecule has 29 heavy (non-hydrogen) atoms. The molecule has 1 saturated carbocycles. The van der Waals surface area contributed by atoms with E-state index in [0.29, 0.717) is 16.5 Å². The van der Waals surface area contributed by atoms with Crippen LogP contribution in [0.2, 0.25) is 5.02 Å². The minimum atomic E-state index is -0.483. The number of hydrogen-bond donors (Lipinski definition) is 0. The number of hydrogen-bond acceptors (Lipinski definition) is 2. The van der Waals surface area contributed by atoms with Gasteiger partial charge in [-0.25, -0.2) is 4.39 Å².